The molecule has 0 atom stereocenters. The number of aromatic carboxylic acids is 1. The van der Waals surface area contributed by atoms with Crippen molar-refractivity contribution in [3.63, 3.8) is 0 Å². The fourth-order valence-electron chi connectivity index (χ4n) is 2.03. The molecule has 6 nitrogen and oxygen atoms in total. The third kappa shape index (κ3) is 3.82. The highest BCUT2D eigenvalue weighted by atomic mass is 16.4. The summed E-state index contributed by atoms with van der Waals surface area (Å²) in [5.41, 5.74) is 0.529. The number of carbonyl (C=O) groups is 3. The van der Waals surface area contributed by atoms with Crippen LogP contribution in [0.15, 0.2) is 66.7 Å². The molecule has 2 aromatic rings. The van der Waals surface area contributed by atoms with Crippen LogP contribution in [-0.4, -0.2) is 28.1 Å². The maximum Gasteiger partial charge on any atom is 0.337 e. The van der Waals surface area contributed by atoms with E-state index in [0.29, 0.717) is 11.8 Å². The van der Waals surface area contributed by atoms with Crippen LogP contribution in [0.1, 0.15) is 10.4 Å². The summed E-state index contributed by atoms with van der Waals surface area (Å²) in [7, 11) is 0. The van der Waals surface area contributed by atoms with Gasteiger partial charge in [-0.25, -0.2) is 9.59 Å². The summed E-state index contributed by atoms with van der Waals surface area (Å²) in [4.78, 5) is 35.6. The van der Waals surface area contributed by atoms with Gasteiger partial charge in [-0.05, 0) is 24.3 Å². The number of rotatable bonds is 5. The minimum Gasteiger partial charge on any atom is -0.478 e. The Balaban J connectivity index is 2.57. The first-order valence-electron chi connectivity index (χ1n) is 6.63. The summed E-state index contributed by atoms with van der Waals surface area (Å²) in [5.74, 6) is -3.11. The lowest BCUT2D eigenvalue weighted by molar-refractivity contribution is -0.131. The number of aliphatic carboxylic acids is 1. The Morgan fingerprint density at radius 3 is 2.04 bits per heavy atom. The van der Waals surface area contributed by atoms with E-state index in [1.165, 1.54) is 12.1 Å². The first-order valence-corrected chi connectivity index (χ1v) is 6.63. The molecule has 0 aromatic heterocycles. The Labute approximate surface area is 131 Å². The molecule has 116 valence electrons. The van der Waals surface area contributed by atoms with Crippen LogP contribution in [0.25, 0.3) is 0 Å². The number of anilines is 2. The van der Waals surface area contributed by atoms with Crippen LogP contribution in [0.3, 0.4) is 0 Å². The quantitative estimate of drug-likeness (QED) is 0.828. The number of hydrogen-bond acceptors (Lipinski definition) is 3. The molecule has 2 aromatic carbocycles. The highest BCUT2D eigenvalue weighted by Gasteiger charge is 2.21. The van der Waals surface area contributed by atoms with E-state index in [-0.39, 0.29) is 11.3 Å². The highest BCUT2D eigenvalue weighted by Crippen LogP contribution is 2.29. The summed E-state index contributed by atoms with van der Waals surface area (Å²) >= 11 is 0. The summed E-state index contributed by atoms with van der Waals surface area (Å²) in [6.07, 6.45) is 1.59. The summed E-state index contributed by atoms with van der Waals surface area (Å²) < 4.78 is 0. The first kappa shape index (κ1) is 16.0. The molecular weight excluding hydrogens is 298 g/mol. The molecule has 0 radical (unpaired) electrons. The Morgan fingerprint density at radius 2 is 1.43 bits per heavy atom. The van der Waals surface area contributed by atoms with E-state index >= 15 is 0 Å². The lowest BCUT2D eigenvalue weighted by Gasteiger charge is -2.23. The van der Waals surface area contributed by atoms with Gasteiger partial charge in [-0.15, -0.1) is 0 Å². The zero-order chi connectivity index (χ0) is 16.8. The van der Waals surface area contributed by atoms with Gasteiger partial charge in [-0.1, -0.05) is 30.3 Å². The number of benzene rings is 2. The maximum atomic E-state index is 12.4. The summed E-state index contributed by atoms with van der Waals surface area (Å²) in [5, 5.41) is 18.0. The average molecular weight is 311 g/mol. The fraction of sp³-hybridized carbons (Fsp3) is 0. The molecule has 6 heteroatoms. The summed E-state index contributed by atoms with van der Waals surface area (Å²) in [6, 6.07) is 14.4. The van der Waals surface area contributed by atoms with Gasteiger partial charge in [0, 0.05) is 17.8 Å². The number of carboxylic acids is 2. The predicted molar refractivity (Wildman–Crippen MR) is 83.8 cm³/mol. The maximum absolute atomic E-state index is 12.4. The average Bonchev–Trinajstić information content (AvgIpc) is 2.54. The zero-order valence-electron chi connectivity index (χ0n) is 11.9. The van der Waals surface area contributed by atoms with Crippen molar-refractivity contribution in [1.29, 1.82) is 0 Å². The number of nitrogens with zero attached hydrogens (tertiary/aromatic N) is 1. The Kier molecular flexibility index (Phi) is 4.89. The monoisotopic (exact) mass is 311 g/mol. The van der Waals surface area contributed by atoms with Crippen molar-refractivity contribution < 1.29 is 24.6 Å². The largest absolute Gasteiger partial charge is 0.478 e. The number of amides is 1. The zero-order valence-corrected chi connectivity index (χ0v) is 11.9. The van der Waals surface area contributed by atoms with E-state index in [2.05, 4.69) is 0 Å². The van der Waals surface area contributed by atoms with Gasteiger partial charge in [0.1, 0.15) is 0 Å². The van der Waals surface area contributed by atoms with Gasteiger partial charge in [0.25, 0.3) is 5.91 Å². The molecule has 2 N–H and O–H groups in total. The van der Waals surface area contributed by atoms with E-state index in [9.17, 15) is 19.5 Å². The Bertz CT molecular complexity index is 768. The van der Waals surface area contributed by atoms with Gasteiger partial charge < -0.3 is 10.2 Å². The smallest absolute Gasteiger partial charge is 0.337 e. The molecular formula is C17H13NO5. The SMILES string of the molecule is O=C(O)/C=C/C(=O)N(c1ccccc1)c1ccccc1C(=O)O. The van der Waals surface area contributed by atoms with Crippen LogP contribution in [0, 0.1) is 0 Å². The molecule has 0 spiro atoms. The highest BCUT2D eigenvalue weighted by molar-refractivity contribution is 6.11. The molecule has 0 bridgehead atoms. The van der Waals surface area contributed by atoms with Crippen LogP contribution >= 0.6 is 0 Å². The number of carboxylic acid groups (broad SMARTS) is 2. The molecule has 0 unspecified atom stereocenters. The van der Waals surface area contributed by atoms with Crippen LogP contribution < -0.4 is 4.90 Å². The Morgan fingerprint density at radius 1 is 0.826 bits per heavy atom. The third-order valence-corrected chi connectivity index (χ3v) is 2.98. The normalized spacial score (nSPS) is 10.4. The number of carbonyl (C=O) groups excluding carboxylic acids is 1. The molecule has 0 heterocycles. The molecule has 0 aliphatic heterocycles. The molecule has 0 saturated carbocycles. The molecule has 0 fully saturated rings. The van der Waals surface area contributed by atoms with Gasteiger partial charge in [-0.3, -0.25) is 9.69 Å². The van der Waals surface area contributed by atoms with Gasteiger partial charge in [0.05, 0.1) is 11.3 Å². The van der Waals surface area contributed by atoms with Crippen LogP contribution in [0.4, 0.5) is 11.4 Å². The van der Waals surface area contributed by atoms with Gasteiger partial charge in [-0.2, -0.15) is 0 Å². The third-order valence-electron chi connectivity index (χ3n) is 2.98. The lowest BCUT2D eigenvalue weighted by atomic mass is 10.1. The van der Waals surface area contributed by atoms with E-state index in [1.54, 1.807) is 42.5 Å². The fourth-order valence-corrected chi connectivity index (χ4v) is 2.03. The molecule has 23 heavy (non-hydrogen) atoms. The molecule has 1 amide bonds. The molecule has 0 aliphatic carbocycles. The van der Waals surface area contributed by atoms with Crippen LogP contribution in [0.5, 0.6) is 0 Å². The second-order valence-corrected chi connectivity index (χ2v) is 4.50. The van der Waals surface area contributed by atoms with Crippen molar-refractivity contribution in [2.24, 2.45) is 0 Å². The van der Waals surface area contributed by atoms with Crippen LogP contribution in [-0.2, 0) is 9.59 Å². The molecule has 0 saturated heterocycles. The summed E-state index contributed by atoms with van der Waals surface area (Å²) in [6.45, 7) is 0. The van der Waals surface area contributed by atoms with E-state index < -0.39 is 17.8 Å². The van der Waals surface area contributed by atoms with Crippen molar-refractivity contribution in [2.75, 3.05) is 4.90 Å². The van der Waals surface area contributed by atoms with E-state index in [4.69, 9.17) is 5.11 Å². The van der Waals surface area contributed by atoms with Crippen molar-refractivity contribution in [3.05, 3.63) is 72.3 Å². The lowest BCUT2D eigenvalue weighted by Crippen LogP contribution is -2.26. The predicted octanol–water partition coefficient (Wildman–Crippen LogP) is 2.69. The van der Waals surface area contributed by atoms with Crippen molar-refractivity contribution in [3.8, 4) is 0 Å². The van der Waals surface area contributed by atoms with E-state index in [0.717, 1.165) is 11.0 Å². The minimum atomic E-state index is -1.27. The van der Waals surface area contributed by atoms with Crippen molar-refractivity contribution in [1.82, 2.24) is 0 Å². The van der Waals surface area contributed by atoms with E-state index in [1.807, 2.05) is 0 Å². The second kappa shape index (κ2) is 7.04. The van der Waals surface area contributed by atoms with Gasteiger partial charge >= 0.3 is 11.9 Å². The second-order valence-electron chi connectivity index (χ2n) is 4.50. The first-order chi connectivity index (χ1) is 11.0. The standard InChI is InChI=1S/C17H13NO5/c19-15(10-11-16(20)21)18(12-6-2-1-3-7-12)14-9-5-4-8-13(14)17(22)23/h1-11H,(H,20,21)(H,22,23)/b11-10+. The number of para-hydroxylation sites is 2. The molecule has 2 rings (SSSR count). The van der Waals surface area contributed by atoms with Crippen molar-refractivity contribution >= 4 is 29.2 Å². The van der Waals surface area contributed by atoms with Crippen molar-refractivity contribution in [2.45, 2.75) is 0 Å². The minimum absolute atomic E-state index is 0.0616. The van der Waals surface area contributed by atoms with Crippen LogP contribution in [0.2, 0.25) is 0 Å². The van der Waals surface area contributed by atoms with Gasteiger partial charge in [0.15, 0.2) is 0 Å². The molecule has 0 aliphatic rings. The Hall–Kier alpha value is -3.41. The van der Waals surface area contributed by atoms with Gasteiger partial charge in [0.2, 0.25) is 0 Å². The number of hydrogen-bond donors (Lipinski definition) is 2. The topological polar surface area (TPSA) is 94.9 Å².